The molecule has 3 N–H and O–H groups in total. The van der Waals surface area contributed by atoms with Gasteiger partial charge in [0, 0.05) is 24.2 Å². The molecule has 0 saturated heterocycles. The smallest absolute Gasteiger partial charge is 0.252 e. The number of aliphatic hydroxyl groups is 1. The number of fused-ring (bicyclic) bond motifs is 1. The van der Waals surface area contributed by atoms with Gasteiger partial charge in [-0.05, 0) is 30.0 Å². The molecule has 0 aliphatic rings. The molecule has 1 heterocycles. The molecule has 90 valence electrons. The third-order valence-corrected chi connectivity index (χ3v) is 2.68. The molecule has 0 radical (unpaired) electrons. The molecule has 0 saturated carbocycles. The lowest BCUT2D eigenvalue weighted by molar-refractivity contribution is 0.292. The van der Waals surface area contributed by atoms with Crippen molar-refractivity contribution in [3.05, 3.63) is 45.7 Å². The minimum Gasteiger partial charge on any atom is -0.395 e. The van der Waals surface area contributed by atoms with Gasteiger partial charge in [0.25, 0.3) is 5.56 Å². The Morgan fingerprint density at radius 3 is 2.94 bits per heavy atom. The maximum atomic E-state index is 11.8. The molecule has 1 aromatic carbocycles. The van der Waals surface area contributed by atoms with Gasteiger partial charge in [-0.3, -0.25) is 4.79 Å². The van der Waals surface area contributed by atoms with Crippen LogP contribution in [-0.2, 0) is 6.54 Å². The fourth-order valence-corrected chi connectivity index (χ4v) is 1.79. The summed E-state index contributed by atoms with van der Waals surface area (Å²) in [6.45, 7) is 3.03. The minimum atomic E-state index is -0.0754. The van der Waals surface area contributed by atoms with E-state index < -0.39 is 0 Å². The number of hydrogen-bond donors (Lipinski definition) is 3. The normalized spacial score (nSPS) is 10.9. The Morgan fingerprint density at radius 2 is 2.18 bits per heavy atom. The fourth-order valence-electron chi connectivity index (χ4n) is 1.79. The minimum absolute atomic E-state index is 0.0741. The average molecular weight is 232 g/mol. The first-order chi connectivity index (χ1) is 8.20. The van der Waals surface area contributed by atoms with E-state index in [9.17, 15) is 4.79 Å². The second-order valence-electron chi connectivity index (χ2n) is 4.11. The van der Waals surface area contributed by atoms with Crippen LogP contribution in [0.15, 0.2) is 29.1 Å². The zero-order valence-electron chi connectivity index (χ0n) is 9.79. The molecule has 0 amide bonds. The number of nitrogens with one attached hydrogen (secondary N) is 2. The first-order valence-corrected chi connectivity index (χ1v) is 5.65. The van der Waals surface area contributed by atoms with Crippen LogP contribution < -0.4 is 10.9 Å². The fraction of sp³-hybridized carbons (Fsp3) is 0.308. The van der Waals surface area contributed by atoms with Crippen LogP contribution in [0.4, 0.5) is 0 Å². The molecule has 2 rings (SSSR count). The number of aryl methyl sites for hydroxylation is 1. The van der Waals surface area contributed by atoms with Gasteiger partial charge >= 0.3 is 0 Å². The summed E-state index contributed by atoms with van der Waals surface area (Å²) in [6.07, 6.45) is 0. The van der Waals surface area contributed by atoms with Crippen LogP contribution in [0.3, 0.4) is 0 Å². The van der Waals surface area contributed by atoms with Crippen LogP contribution in [0.25, 0.3) is 10.9 Å². The van der Waals surface area contributed by atoms with Gasteiger partial charge in [-0.25, -0.2) is 0 Å². The number of hydrogen-bond acceptors (Lipinski definition) is 3. The highest BCUT2D eigenvalue weighted by molar-refractivity contribution is 5.79. The Labute approximate surface area is 99.3 Å². The molecule has 0 spiro atoms. The third-order valence-electron chi connectivity index (χ3n) is 2.68. The number of rotatable bonds is 4. The number of benzene rings is 1. The summed E-state index contributed by atoms with van der Waals surface area (Å²) < 4.78 is 0. The zero-order valence-corrected chi connectivity index (χ0v) is 9.79. The van der Waals surface area contributed by atoms with Crippen molar-refractivity contribution in [2.24, 2.45) is 0 Å². The number of H-pyrrole nitrogens is 1. The van der Waals surface area contributed by atoms with Crippen molar-refractivity contribution in [1.82, 2.24) is 10.3 Å². The topological polar surface area (TPSA) is 65.1 Å². The van der Waals surface area contributed by atoms with E-state index in [2.05, 4.69) is 10.3 Å². The van der Waals surface area contributed by atoms with Gasteiger partial charge in [0.1, 0.15) is 0 Å². The van der Waals surface area contributed by atoms with Crippen molar-refractivity contribution in [3.63, 3.8) is 0 Å². The van der Waals surface area contributed by atoms with E-state index in [1.807, 2.05) is 31.2 Å². The molecule has 1 aromatic heterocycles. The summed E-state index contributed by atoms with van der Waals surface area (Å²) in [5.41, 5.74) is 2.60. The molecule has 4 nitrogen and oxygen atoms in total. The quantitative estimate of drug-likeness (QED) is 0.687. The largest absolute Gasteiger partial charge is 0.395 e. The molecular weight excluding hydrogens is 216 g/mol. The van der Waals surface area contributed by atoms with E-state index in [1.165, 1.54) is 0 Å². The summed E-state index contributed by atoms with van der Waals surface area (Å²) in [5.74, 6) is 0. The van der Waals surface area contributed by atoms with Crippen LogP contribution in [0.2, 0.25) is 0 Å². The van der Waals surface area contributed by atoms with Gasteiger partial charge in [-0.2, -0.15) is 0 Å². The van der Waals surface area contributed by atoms with E-state index in [1.54, 1.807) is 0 Å². The maximum absolute atomic E-state index is 11.8. The van der Waals surface area contributed by atoms with Crippen LogP contribution in [0.1, 0.15) is 11.1 Å². The molecule has 0 bridgehead atoms. The van der Waals surface area contributed by atoms with E-state index in [0.29, 0.717) is 18.7 Å². The lowest BCUT2D eigenvalue weighted by atomic mass is 10.1. The molecule has 2 aromatic rings. The Morgan fingerprint density at radius 1 is 1.35 bits per heavy atom. The predicted molar refractivity (Wildman–Crippen MR) is 68.1 cm³/mol. The summed E-state index contributed by atoms with van der Waals surface area (Å²) in [6, 6.07) is 7.86. The maximum Gasteiger partial charge on any atom is 0.252 e. The summed E-state index contributed by atoms with van der Waals surface area (Å²) in [4.78, 5) is 14.6. The first-order valence-electron chi connectivity index (χ1n) is 5.65. The second kappa shape index (κ2) is 5.12. The molecular formula is C13H16N2O2. The van der Waals surface area contributed by atoms with E-state index in [0.717, 1.165) is 16.5 Å². The highest BCUT2D eigenvalue weighted by Gasteiger charge is 2.02. The number of aromatic amines is 1. The molecule has 17 heavy (non-hydrogen) atoms. The highest BCUT2D eigenvalue weighted by Crippen LogP contribution is 2.12. The average Bonchev–Trinajstić information content (AvgIpc) is 2.30. The standard InChI is InChI=1S/C13H16N2O2/c1-9-2-3-10-7-11(8-14-4-5-16)13(17)15-12(10)6-9/h2-3,6-7,14,16H,4-5,8H2,1H3,(H,15,17). The van der Waals surface area contributed by atoms with Gasteiger partial charge in [0.15, 0.2) is 0 Å². The van der Waals surface area contributed by atoms with Gasteiger partial charge in [-0.1, -0.05) is 12.1 Å². The van der Waals surface area contributed by atoms with E-state index in [-0.39, 0.29) is 12.2 Å². The van der Waals surface area contributed by atoms with E-state index in [4.69, 9.17) is 5.11 Å². The Bertz CT molecular complexity index is 575. The van der Waals surface area contributed by atoms with Gasteiger partial charge in [0.2, 0.25) is 0 Å². The lowest BCUT2D eigenvalue weighted by Gasteiger charge is -2.05. The molecule has 0 fully saturated rings. The monoisotopic (exact) mass is 232 g/mol. The Hall–Kier alpha value is -1.65. The Kier molecular flexibility index (Phi) is 3.56. The zero-order chi connectivity index (χ0) is 12.3. The van der Waals surface area contributed by atoms with Crippen LogP contribution in [0, 0.1) is 6.92 Å². The number of aromatic nitrogens is 1. The summed E-state index contributed by atoms with van der Waals surface area (Å²) in [7, 11) is 0. The first kappa shape index (κ1) is 11.8. The van der Waals surface area contributed by atoms with Crippen LogP contribution in [-0.4, -0.2) is 23.2 Å². The summed E-state index contributed by atoms with van der Waals surface area (Å²) in [5, 5.41) is 12.7. The van der Waals surface area contributed by atoms with Crippen LogP contribution >= 0.6 is 0 Å². The third kappa shape index (κ3) is 2.72. The van der Waals surface area contributed by atoms with Crippen LogP contribution in [0.5, 0.6) is 0 Å². The summed E-state index contributed by atoms with van der Waals surface area (Å²) >= 11 is 0. The predicted octanol–water partition coefficient (Wildman–Crippen LogP) is 0.918. The van der Waals surface area contributed by atoms with E-state index >= 15 is 0 Å². The van der Waals surface area contributed by atoms with Crippen molar-refractivity contribution < 1.29 is 5.11 Å². The molecule has 0 atom stereocenters. The molecule has 0 aliphatic heterocycles. The lowest BCUT2D eigenvalue weighted by Crippen LogP contribution is -2.23. The second-order valence-corrected chi connectivity index (χ2v) is 4.11. The molecule has 0 unspecified atom stereocenters. The van der Waals surface area contributed by atoms with Crippen molar-refractivity contribution in [1.29, 1.82) is 0 Å². The van der Waals surface area contributed by atoms with Gasteiger partial charge in [0.05, 0.1) is 6.61 Å². The number of aliphatic hydroxyl groups excluding tert-OH is 1. The highest BCUT2D eigenvalue weighted by atomic mass is 16.3. The number of pyridine rings is 1. The van der Waals surface area contributed by atoms with Crippen molar-refractivity contribution >= 4 is 10.9 Å². The van der Waals surface area contributed by atoms with Gasteiger partial charge in [-0.15, -0.1) is 0 Å². The molecule has 0 aliphatic carbocycles. The van der Waals surface area contributed by atoms with Crippen molar-refractivity contribution in [2.45, 2.75) is 13.5 Å². The Balaban J connectivity index is 2.35. The van der Waals surface area contributed by atoms with Crippen molar-refractivity contribution in [3.8, 4) is 0 Å². The molecule has 4 heteroatoms. The SMILES string of the molecule is Cc1ccc2cc(CNCCO)c(=O)[nH]c2c1. The van der Waals surface area contributed by atoms with Crippen molar-refractivity contribution in [2.75, 3.05) is 13.2 Å². The van der Waals surface area contributed by atoms with Gasteiger partial charge < -0.3 is 15.4 Å².